The van der Waals surface area contributed by atoms with Gasteiger partial charge in [-0.2, -0.15) is 0 Å². The van der Waals surface area contributed by atoms with Crippen molar-refractivity contribution >= 4 is 10.0 Å². The first-order valence-electron chi connectivity index (χ1n) is 4.30. The zero-order valence-electron chi connectivity index (χ0n) is 8.54. The number of methoxy groups -OCH3 is 1. The second kappa shape index (κ2) is 4.54. The van der Waals surface area contributed by atoms with E-state index in [-0.39, 0.29) is 6.42 Å². The molecule has 1 aromatic heterocycles. The molecule has 0 saturated heterocycles. The van der Waals surface area contributed by atoms with E-state index < -0.39 is 15.3 Å². The third-order valence-electron chi connectivity index (χ3n) is 1.95. The molecule has 0 bridgehead atoms. The minimum atomic E-state index is -3.52. The quantitative estimate of drug-likeness (QED) is 0.768. The Bertz CT molecular complexity index is 415. The van der Waals surface area contributed by atoms with Crippen molar-refractivity contribution in [1.82, 2.24) is 9.97 Å². The van der Waals surface area contributed by atoms with Crippen molar-refractivity contribution < 1.29 is 13.2 Å². The predicted molar refractivity (Wildman–Crippen MR) is 54.9 cm³/mol. The number of ether oxygens (including phenoxy) is 1. The summed E-state index contributed by atoms with van der Waals surface area (Å²) in [6.07, 6.45) is 3.15. The van der Waals surface area contributed by atoms with Gasteiger partial charge in [0.2, 0.25) is 15.9 Å². The summed E-state index contributed by atoms with van der Waals surface area (Å²) in [5.74, 6) is 0.391. The van der Waals surface area contributed by atoms with Crippen LogP contribution >= 0.6 is 0 Å². The molecule has 15 heavy (non-hydrogen) atoms. The molecule has 0 aromatic carbocycles. The fourth-order valence-corrected chi connectivity index (χ4v) is 1.37. The maximum atomic E-state index is 11.0. The zero-order chi connectivity index (χ0) is 11.5. The van der Waals surface area contributed by atoms with Gasteiger partial charge in [-0.25, -0.2) is 18.5 Å². The van der Waals surface area contributed by atoms with Crippen molar-refractivity contribution in [3.63, 3.8) is 0 Å². The summed E-state index contributed by atoms with van der Waals surface area (Å²) < 4.78 is 26.8. The van der Waals surface area contributed by atoms with E-state index in [1.807, 2.05) is 0 Å². The molecule has 6 nitrogen and oxygen atoms in total. The third-order valence-corrected chi connectivity index (χ3v) is 3.24. The van der Waals surface area contributed by atoms with E-state index in [1.54, 1.807) is 0 Å². The summed E-state index contributed by atoms with van der Waals surface area (Å²) in [7, 11) is -2.03. The van der Waals surface area contributed by atoms with Crippen LogP contribution in [0, 0.1) is 0 Å². The number of hydrogen-bond donors (Lipinski definition) is 1. The normalized spacial score (nSPS) is 13.5. The number of sulfonamides is 1. The number of rotatable bonds is 4. The van der Waals surface area contributed by atoms with E-state index in [4.69, 9.17) is 9.88 Å². The van der Waals surface area contributed by atoms with Gasteiger partial charge in [0.15, 0.2) is 0 Å². The van der Waals surface area contributed by atoms with Crippen molar-refractivity contribution in [3.05, 3.63) is 18.1 Å². The molecule has 1 aromatic rings. The summed E-state index contributed by atoms with van der Waals surface area (Å²) >= 11 is 0. The molecule has 1 rings (SSSR count). The molecule has 0 saturated carbocycles. The number of nitrogens with two attached hydrogens (primary N) is 1. The molecule has 1 atom stereocenters. The highest BCUT2D eigenvalue weighted by molar-refractivity contribution is 7.89. The lowest BCUT2D eigenvalue weighted by atomic mass is 10.2. The number of aromatic nitrogens is 2. The third kappa shape index (κ3) is 3.45. The molecule has 2 N–H and O–H groups in total. The molecule has 0 radical (unpaired) electrons. The number of hydrogen-bond acceptors (Lipinski definition) is 5. The minimum absolute atomic E-state index is 0.246. The van der Waals surface area contributed by atoms with Gasteiger partial charge in [-0.15, -0.1) is 0 Å². The summed E-state index contributed by atoms with van der Waals surface area (Å²) in [6.45, 7) is 1.53. The first-order chi connectivity index (χ1) is 6.93. The van der Waals surface area contributed by atoms with Gasteiger partial charge in [-0.3, -0.25) is 4.98 Å². The molecule has 0 unspecified atom stereocenters. The maximum absolute atomic E-state index is 11.0. The van der Waals surface area contributed by atoms with Crippen molar-refractivity contribution in [2.75, 3.05) is 7.11 Å². The monoisotopic (exact) mass is 231 g/mol. The topological polar surface area (TPSA) is 95.2 Å². The fourth-order valence-electron chi connectivity index (χ4n) is 0.964. The Morgan fingerprint density at radius 2 is 2.13 bits per heavy atom. The second-order valence-corrected chi connectivity index (χ2v) is 5.14. The Kier molecular flexibility index (Phi) is 3.59. The molecule has 0 aliphatic heterocycles. The average Bonchev–Trinajstić information content (AvgIpc) is 2.17. The van der Waals surface area contributed by atoms with Gasteiger partial charge in [0.1, 0.15) is 0 Å². The second-order valence-electron chi connectivity index (χ2n) is 3.15. The van der Waals surface area contributed by atoms with E-state index in [0.717, 1.165) is 0 Å². The van der Waals surface area contributed by atoms with Gasteiger partial charge in [0, 0.05) is 6.42 Å². The summed E-state index contributed by atoms with van der Waals surface area (Å²) in [5, 5.41) is 4.32. The summed E-state index contributed by atoms with van der Waals surface area (Å²) in [6, 6.07) is 0. The van der Waals surface area contributed by atoms with Crippen LogP contribution in [0.2, 0.25) is 0 Å². The van der Waals surface area contributed by atoms with Crippen LogP contribution in [0.1, 0.15) is 12.6 Å². The van der Waals surface area contributed by atoms with Crippen LogP contribution in [0.4, 0.5) is 0 Å². The van der Waals surface area contributed by atoms with Crippen LogP contribution < -0.4 is 9.88 Å². The maximum Gasteiger partial charge on any atom is 0.231 e. The highest BCUT2D eigenvalue weighted by Crippen LogP contribution is 2.07. The minimum Gasteiger partial charge on any atom is -0.480 e. The van der Waals surface area contributed by atoms with Crippen LogP contribution in [0.5, 0.6) is 5.88 Å². The number of primary sulfonamides is 1. The van der Waals surface area contributed by atoms with Gasteiger partial charge in [-0.1, -0.05) is 0 Å². The van der Waals surface area contributed by atoms with E-state index in [9.17, 15) is 8.42 Å². The zero-order valence-corrected chi connectivity index (χ0v) is 9.36. The highest BCUT2D eigenvalue weighted by atomic mass is 32.2. The Morgan fingerprint density at radius 3 is 2.53 bits per heavy atom. The van der Waals surface area contributed by atoms with E-state index in [1.165, 1.54) is 26.4 Å². The smallest absolute Gasteiger partial charge is 0.231 e. The molecule has 0 aliphatic rings. The standard InChI is InChI=1S/C8H13N3O3S/c1-6(15(9,12)13)3-7-4-11-8(14-2)5-10-7/h4-6H,3H2,1-2H3,(H2,9,12,13)/t6-/m0/s1. The van der Waals surface area contributed by atoms with Gasteiger partial charge >= 0.3 is 0 Å². The molecule has 0 amide bonds. The fraction of sp³-hybridized carbons (Fsp3) is 0.500. The summed E-state index contributed by atoms with van der Waals surface area (Å²) in [5.41, 5.74) is 0.567. The van der Waals surface area contributed by atoms with Gasteiger partial charge in [0.25, 0.3) is 0 Å². The lowest BCUT2D eigenvalue weighted by molar-refractivity contribution is 0.395. The molecule has 84 valence electrons. The number of nitrogens with zero attached hydrogens (tertiary/aromatic N) is 2. The average molecular weight is 231 g/mol. The Morgan fingerprint density at radius 1 is 1.47 bits per heavy atom. The van der Waals surface area contributed by atoms with Crippen LogP contribution in [0.25, 0.3) is 0 Å². The van der Waals surface area contributed by atoms with Crippen LogP contribution in [0.3, 0.4) is 0 Å². The molecule has 0 fully saturated rings. The van der Waals surface area contributed by atoms with Gasteiger partial charge in [0.05, 0.1) is 30.4 Å². The summed E-state index contributed by atoms with van der Waals surface area (Å²) in [4.78, 5) is 7.91. The largest absolute Gasteiger partial charge is 0.480 e. The van der Waals surface area contributed by atoms with Crippen LogP contribution in [-0.4, -0.2) is 30.7 Å². The molecular weight excluding hydrogens is 218 g/mol. The first-order valence-corrected chi connectivity index (χ1v) is 5.91. The molecule has 1 heterocycles. The van der Waals surface area contributed by atoms with Gasteiger partial charge < -0.3 is 4.74 Å². The Hall–Kier alpha value is -1.21. The lowest BCUT2D eigenvalue weighted by Crippen LogP contribution is -2.27. The van der Waals surface area contributed by atoms with Gasteiger partial charge in [-0.05, 0) is 6.92 Å². The molecule has 0 spiro atoms. The highest BCUT2D eigenvalue weighted by Gasteiger charge is 2.16. The first kappa shape index (κ1) is 11.9. The van der Waals surface area contributed by atoms with E-state index in [0.29, 0.717) is 11.6 Å². The Balaban J connectivity index is 2.74. The predicted octanol–water partition coefficient (Wildman–Crippen LogP) is -0.295. The lowest BCUT2D eigenvalue weighted by Gasteiger charge is -2.07. The van der Waals surface area contributed by atoms with Crippen LogP contribution in [-0.2, 0) is 16.4 Å². The van der Waals surface area contributed by atoms with Crippen molar-refractivity contribution in [2.24, 2.45) is 5.14 Å². The van der Waals surface area contributed by atoms with E-state index in [2.05, 4.69) is 9.97 Å². The molecular formula is C8H13N3O3S. The van der Waals surface area contributed by atoms with Crippen LogP contribution in [0.15, 0.2) is 12.4 Å². The van der Waals surface area contributed by atoms with E-state index >= 15 is 0 Å². The SMILES string of the molecule is COc1cnc(C[C@H](C)S(N)(=O)=O)cn1. The Labute approximate surface area is 88.5 Å². The molecule has 7 heteroatoms. The van der Waals surface area contributed by atoms with Crippen molar-refractivity contribution in [1.29, 1.82) is 0 Å². The van der Waals surface area contributed by atoms with Crippen molar-refractivity contribution in [2.45, 2.75) is 18.6 Å². The van der Waals surface area contributed by atoms with Crippen molar-refractivity contribution in [3.8, 4) is 5.88 Å². The molecule has 0 aliphatic carbocycles.